The molecule has 1 heterocycles. The number of benzene rings is 1. The predicted molar refractivity (Wildman–Crippen MR) is 96.4 cm³/mol. The van der Waals surface area contributed by atoms with Gasteiger partial charge in [-0.1, -0.05) is 32.6 Å². The Labute approximate surface area is 148 Å². The zero-order valence-corrected chi connectivity index (χ0v) is 15.0. The van der Waals surface area contributed by atoms with Crippen molar-refractivity contribution in [1.29, 1.82) is 0 Å². The van der Waals surface area contributed by atoms with E-state index in [1.54, 1.807) is 24.5 Å². The van der Waals surface area contributed by atoms with Gasteiger partial charge in [0.05, 0.1) is 12.3 Å². The second kappa shape index (κ2) is 7.61. The van der Waals surface area contributed by atoms with Crippen LogP contribution in [0, 0.1) is 5.41 Å². The first-order valence-corrected chi connectivity index (χ1v) is 8.28. The first kappa shape index (κ1) is 18.9. The van der Waals surface area contributed by atoms with Crippen LogP contribution in [0.3, 0.4) is 0 Å². The van der Waals surface area contributed by atoms with Gasteiger partial charge in [-0.15, -0.1) is 0 Å². The monoisotopic (exact) mass is 343 g/mol. The molecule has 1 aliphatic heterocycles. The lowest BCUT2D eigenvalue weighted by atomic mass is 9.82. The van der Waals surface area contributed by atoms with E-state index in [0.29, 0.717) is 29.8 Å². The number of nitrogens with zero attached hydrogens (tertiary/aromatic N) is 2. The number of rotatable bonds is 3. The molecule has 1 aromatic carbocycles. The van der Waals surface area contributed by atoms with E-state index in [2.05, 4.69) is 25.5 Å². The first-order valence-electron chi connectivity index (χ1n) is 8.28. The van der Waals surface area contributed by atoms with Crippen LogP contribution in [-0.2, 0) is 11.3 Å². The quantitative estimate of drug-likeness (QED) is 0.502. The highest BCUT2D eigenvalue weighted by atomic mass is 16.5. The third-order valence-electron chi connectivity index (χ3n) is 4.43. The Morgan fingerprint density at radius 1 is 1.36 bits per heavy atom. The Bertz CT molecular complexity index is 705. The number of hydrazone groups is 1. The topological polar surface area (TPSA) is 82.0 Å². The standard InChI is InChI=1S/C19H25N3O3/c1-13-14(2)20-22(10-9-19(3,4)11-17(13)23)12-15-5-7-16(8-6-15)18(24)21-25/h5-8,25H,1,9-12H2,2-4H3,(H,21,24)/b20-14-. The second-order valence-corrected chi connectivity index (χ2v) is 7.20. The molecule has 0 saturated heterocycles. The number of hydrogen-bond donors (Lipinski definition) is 2. The molecule has 0 atom stereocenters. The minimum absolute atomic E-state index is 0.0486. The van der Waals surface area contributed by atoms with E-state index in [1.807, 2.05) is 17.1 Å². The van der Waals surface area contributed by atoms with E-state index in [0.717, 1.165) is 18.5 Å². The summed E-state index contributed by atoms with van der Waals surface area (Å²) in [4.78, 5) is 23.7. The summed E-state index contributed by atoms with van der Waals surface area (Å²) in [7, 11) is 0. The molecule has 0 bridgehead atoms. The molecular formula is C19H25N3O3. The highest BCUT2D eigenvalue weighted by Gasteiger charge is 2.26. The van der Waals surface area contributed by atoms with Crippen molar-refractivity contribution >= 4 is 17.4 Å². The molecule has 0 saturated carbocycles. The summed E-state index contributed by atoms with van der Waals surface area (Å²) in [5.41, 5.74) is 3.98. The molecule has 2 rings (SSSR count). The molecule has 0 fully saturated rings. The number of allylic oxidation sites excluding steroid dienone is 1. The van der Waals surface area contributed by atoms with Gasteiger partial charge in [-0.3, -0.25) is 19.8 Å². The van der Waals surface area contributed by atoms with Crippen LogP contribution in [-0.4, -0.2) is 34.2 Å². The highest BCUT2D eigenvalue weighted by Crippen LogP contribution is 2.29. The van der Waals surface area contributed by atoms with Crippen LogP contribution in [0.15, 0.2) is 41.5 Å². The maximum absolute atomic E-state index is 12.3. The number of hydrogen-bond acceptors (Lipinski definition) is 5. The smallest absolute Gasteiger partial charge is 0.274 e. The Morgan fingerprint density at radius 2 is 2.00 bits per heavy atom. The average molecular weight is 343 g/mol. The first-order chi connectivity index (χ1) is 11.7. The fourth-order valence-electron chi connectivity index (χ4n) is 2.74. The SMILES string of the molecule is C=C1C(=O)CC(C)(C)CCN(Cc2ccc(C(=O)NO)cc2)/N=C\1C. The van der Waals surface area contributed by atoms with Gasteiger partial charge in [-0.25, -0.2) is 5.48 Å². The maximum Gasteiger partial charge on any atom is 0.274 e. The number of Topliss-reactive ketones (excluding diaryl/α,β-unsaturated/α-hetero) is 1. The molecule has 0 aromatic heterocycles. The molecule has 2 N–H and O–H groups in total. The lowest BCUT2D eigenvalue weighted by Crippen LogP contribution is -2.24. The van der Waals surface area contributed by atoms with Crippen LogP contribution in [0.25, 0.3) is 0 Å². The molecule has 134 valence electrons. The number of ketones is 1. The minimum Gasteiger partial charge on any atom is -0.294 e. The number of carbonyl (C=O) groups excluding carboxylic acids is 2. The Balaban J connectivity index is 2.19. The van der Waals surface area contributed by atoms with E-state index in [1.165, 1.54) is 0 Å². The van der Waals surface area contributed by atoms with Crippen LogP contribution in [0.4, 0.5) is 0 Å². The third-order valence-corrected chi connectivity index (χ3v) is 4.43. The molecule has 1 aromatic rings. The van der Waals surface area contributed by atoms with Crippen LogP contribution in [0.2, 0.25) is 0 Å². The highest BCUT2D eigenvalue weighted by molar-refractivity contribution is 6.21. The molecule has 6 heteroatoms. The molecular weight excluding hydrogens is 318 g/mol. The number of nitrogens with one attached hydrogen (secondary N) is 1. The van der Waals surface area contributed by atoms with Crippen molar-refractivity contribution in [3.8, 4) is 0 Å². The second-order valence-electron chi connectivity index (χ2n) is 7.20. The lowest BCUT2D eigenvalue weighted by Gasteiger charge is -2.26. The predicted octanol–water partition coefficient (Wildman–Crippen LogP) is 2.93. The van der Waals surface area contributed by atoms with Gasteiger partial charge >= 0.3 is 0 Å². The molecule has 6 nitrogen and oxygen atoms in total. The Hall–Kier alpha value is -2.47. The van der Waals surface area contributed by atoms with Crippen molar-refractivity contribution in [2.45, 2.75) is 40.2 Å². The summed E-state index contributed by atoms with van der Waals surface area (Å²) in [6.45, 7) is 11.2. The van der Waals surface area contributed by atoms with Crippen molar-refractivity contribution in [2.24, 2.45) is 10.5 Å². The number of amides is 1. The zero-order chi connectivity index (χ0) is 18.6. The molecule has 0 spiro atoms. The van der Waals surface area contributed by atoms with Crippen molar-refractivity contribution in [2.75, 3.05) is 6.54 Å². The normalized spacial score (nSPS) is 20.2. The largest absolute Gasteiger partial charge is 0.294 e. The van der Waals surface area contributed by atoms with E-state index in [9.17, 15) is 9.59 Å². The van der Waals surface area contributed by atoms with Crippen LogP contribution < -0.4 is 5.48 Å². The fourth-order valence-corrected chi connectivity index (χ4v) is 2.74. The average Bonchev–Trinajstić information content (AvgIpc) is 2.60. The van der Waals surface area contributed by atoms with Gasteiger partial charge in [0.25, 0.3) is 5.91 Å². The summed E-state index contributed by atoms with van der Waals surface area (Å²) in [5, 5.41) is 15.2. The van der Waals surface area contributed by atoms with Crippen molar-refractivity contribution < 1.29 is 14.8 Å². The minimum atomic E-state index is -0.542. The van der Waals surface area contributed by atoms with Gasteiger partial charge in [0, 0.05) is 24.1 Å². The summed E-state index contributed by atoms with van der Waals surface area (Å²) < 4.78 is 0. The van der Waals surface area contributed by atoms with Gasteiger partial charge in [-0.05, 0) is 36.5 Å². The fraction of sp³-hybridized carbons (Fsp3) is 0.421. The molecule has 0 radical (unpaired) electrons. The van der Waals surface area contributed by atoms with E-state index in [-0.39, 0.29) is 11.2 Å². The number of hydroxylamine groups is 1. The van der Waals surface area contributed by atoms with E-state index in [4.69, 9.17) is 5.21 Å². The summed E-state index contributed by atoms with van der Waals surface area (Å²) in [6.07, 6.45) is 1.31. The van der Waals surface area contributed by atoms with Crippen LogP contribution in [0.1, 0.15) is 49.5 Å². The molecule has 1 amide bonds. The third kappa shape index (κ3) is 5.00. The van der Waals surface area contributed by atoms with Gasteiger partial charge in [0.2, 0.25) is 0 Å². The van der Waals surface area contributed by atoms with Gasteiger partial charge in [-0.2, -0.15) is 5.10 Å². The van der Waals surface area contributed by atoms with Crippen molar-refractivity contribution in [3.05, 3.63) is 47.5 Å². The maximum atomic E-state index is 12.3. The molecule has 0 aliphatic carbocycles. The van der Waals surface area contributed by atoms with Gasteiger partial charge < -0.3 is 0 Å². The van der Waals surface area contributed by atoms with Crippen LogP contribution >= 0.6 is 0 Å². The number of carbonyl (C=O) groups is 2. The van der Waals surface area contributed by atoms with Crippen LogP contribution in [0.5, 0.6) is 0 Å². The van der Waals surface area contributed by atoms with Crippen molar-refractivity contribution in [1.82, 2.24) is 10.5 Å². The Morgan fingerprint density at radius 3 is 2.60 bits per heavy atom. The van der Waals surface area contributed by atoms with Gasteiger partial charge in [0.15, 0.2) is 5.78 Å². The lowest BCUT2D eigenvalue weighted by molar-refractivity contribution is -0.116. The van der Waals surface area contributed by atoms with E-state index >= 15 is 0 Å². The summed E-state index contributed by atoms with van der Waals surface area (Å²) in [5.74, 6) is -0.493. The molecule has 1 aliphatic rings. The zero-order valence-electron chi connectivity index (χ0n) is 15.0. The summed E-state index contributed by atoms with van der Waals surface area (Å²) in [6, 6.07) is 6.96. The summed E-state index contributed by atoms with van der Waals surface area (Å²) >= 11 is 0. The molecule has 0 unspecified atom stereocenters. The van der Waals surface area contributed by atoms with Crippen molar-refractivity contribution in [3.63, 3.8) is 0 Å². The van der Waals surface area contributed by atoms with Gasteiger partial charge in [0.1, 0.15) is 0 Å². The Kier molecular flexibility index (Phi) is 5.74. The van der Waals surface area contributed by atoms with E-state index < -0.39 is 5.91 Å². The molecule has 25 heavy (non-hydrogen) atoms.